The summed E-state index contributed by atoms with van der Waals surface area (Å²) in [7, 11) is 0. The van der Waals surface area contributed by atoms with Crippen molar-refractivity contribution in [3.05, 3.63) is 42.0 Å². The number of esters is 1. The second kappa shape index (κ2) is 14.8. The van der Waals surface area contributed by atoms with Crippen molar-refractivity contribution in [1.82, 2.24) is 15.5 Å². The Hall–Kier alpha value is -3.01. The van der Waals surface area contributed by atoms with E-state index in [0.717, 1.165) is 5.56 Å². The van der Waals surface area contributed by atoms with E-state index in [9.17, 15) is 19.2 Å². The molecule has 0 heterocycles. The Kier molecular flexibility index (Phi) is 12.9. The molecular formula is C28H43N3O6S. The van der Waals surface area contributed by atoms with Crippen LogP contribution < -0.4 is 10.6 Å². The van der Waals surface area contributed by atoms with Gasteiger partial charge in [0, 0.05) is 17.8 Å². The first kappa shape index (κ1) is 33.0. The van der Waals surface area contributed by atoms with Crippen molar-refractivity contribution < 1.29 is 28.7 Å². The van der Waals surface area contributed by atoms with Crippen molar-refractivity contribution in [2.75, 3.05) is 18.9 Å². The number of carbonyl (C=O) groups excluding carboxylic acids is 4. The van der Waals surface area contributed by atoms with Gasteiger partial charge in [0.1, 0.15) is 17.7 Å². The van der Waals surface area contributed by atoms with E-state index in [1.807, 2.05) is 26.8 Å². The van der Waals surface area contributed by atoms with Gasteiger partial charge >= 0.3 is 12.1 Å². The van der Waals surface area contributed by atoms with Gasteiger partial charge in [-0.05, 0) is 65.2 Å². The molecule has 212 valence electrons. The van der Waals surface area contributed by atoms with Gasteiger partial charge in [0.05, 0.1) is 13.0 Å². The highest BCUT2D eigenvalue weighted by atomic mass is 32.1. The van der Waals surface area contributed by atoms with Gasteiger partial charge in [-0.2, -0.15) is 12.6 Å². The molecule has 0 saturated carbocycles. The SMILES string of the molecule is C=Cc1cccc(C(C(=O)NCCC(=O)OCC)N(C(=O)C(CS)NC(=O)OC(C)(C)C)C(C)(C)CC)c1. The van der Waals surface area contributed by atoms with Crippen LogP contribution in [-0.2, 0) is 23.9 Å². The molecule has 9 nitrogen and oxygen atoms in total. The summed E-state index contributed by atoms with van der Waals surface area (Å²) in [6, 6.07) is 5.03. The molecule has 3 amide bonds. The summed E-state index contributed by atoms with van der Waals surface area (Å²) >= 11 is 4.32. The number of hydrogen-bond donors (Lipinski definition) is 3. The molecule has 0 fully saturated rings. The Morgan fingerprint density at radius 1 is 1.13 bits per heavy atom. The predicted molar refractivity (Wildman–Crippen MR) is 152 cm³/mol. The van der Waals surface area contributed by atoms with Gasteiger partial charge in [-0.1, -0.05) is 37.8 Å². The average molecular weight is 550 g/mol. The van der Waals surface area contributed by atoms with Gasteiger partial charge in [0.15, 0.2) is 0 Å². The van der Waals surface area contributed by atoms with E-state index in [1.165, 1.54) is 4.90 Å². The molecular weight excluding hydrogens is 506 g/mol. The minimum atomic E-state index is -1.07. The van der Waals surface area contributed by atoms with Crippen molar-refractivity contribution in [2.45, 2.75) is 84.5 Å². The summed E-state index contributed by atoms with van der Waals surface area (Å²) in [6.07, 6.45) is 1.39. The predicted octanol–water partition coefficient (Wildman–Crippen LogP) is 4.28. The molecule has 2 N–H and O–H groups in total. The molecule has 0 spiro atoms. The summed E-state index contributed by atoms with van der Waals surface area (Å²) < 4.78 is 10.3. The van der Waals surface area contributed by atoms with Crippen LogP contribution in [0.4, 0.5) is 4.79 Å². The third kappa shape index (κ3) is 10.0. The largest absolute Gasteiger partial charge is 0.466 e. The number of rotatable bonds is 13. The summed E-state index contributed by atoms with van der Waals surface area (Å²) in [5.74, 6) is -1.41. The van der Waals surface area contributed by atoms with Crippen molar-refractivity contribution in [3.63, 3.8) is 0 Å². The Labute approximate surface area is 232 Å². The third-order valence-corrected chi connectivity index (χ3v) is 6.19. The monoisotopic (exact) mass is 549 g/mol. The van der Waals surface area contributed by atoms with E-state index in [-0.39, 0.29) is 25.3 Å². The van der Waals surface area contributed by atoms with Crippen LogP contribution in [0.25, 0.3) is 6.08 Å². The molecule has 0 aromatic heterocycles. The smallest absolute Gasteiger partial charge is 0.408 e. The zero-order chi connectivity index (χ0) is 29.1. The number of nitrogens with one attached hydrogen (secondary N) is 2. The Morgan fingerprint density at radius 3 is 2.32 bits per heavy atom. The van der Waals surface area contributed by atoms with E-state index in [2.05, 4.69) is 29.8 Å². The van der Waals surface area contributed by atoms with Crippen molar-refractivity contribution in [2.24, 2.45) is 0 Å². The topological polar surface area (TPSA) is 114 Å². The lowest BCUT2D eigenvalue weighted by molar-refractivity contribution is -0.149. The maximum atomic E-state index is 14.1. The van der Waals surface area contributed by atoms with Crippen molar-refractivity contribution in [3.8, 4) is 0 Å². The number of amides is 3. The zero-order valence-corrected chi connectivity index (χ0v) is 24.5. The molecule has 38 heavy (non-hydrogen) atoms. The summed E-state index contributed by atoms with van der Waals surface area (Å²) in [5.41, 5.74) is -0.239. The molecule has 0 bridgehead atoms. The number of alkyl carbamates (subject to hydrolysis) is 1. The highest BCUT2D eigenvalue weighted by molar-refractivity contribution is 7.80. The van der Waals surface area contributed by atoms with Crippen LogP contribution in [0, 0.1) is 0 Å². The van der Waals surface area contributed by atoms with Crippen LogP contribution >= 0.6 is 12.6 Å². The number of benzene rings is 1. The standard InChI is InChI=1S/C28H43N3O6S/c1-9-19-13-12-14-20(17-19)23(24(33)29-16-15-22(32)36-11-3)31(28(7,8)10-2)25(34)21(18-38)30-26(35)37-27(4,5)6/h9,12-14,17,21,23,38H,1,10-11,15-16,18H2,2-8H3,(H,29,33)(H,30,35). The van der Waals surface area contributed by atoms with Crippen LogP contribution in [0.1, 0.15) is 78.5 Å². The Bertz CT molecular complexity index is 989. The third-order valence-electron chi connectivity index (χ3n) is 5.83. The first-order valence-corrected chi connectivity index (χ1v) is 13.4. The van der Waals surface area contributed by atoms with Crippen LogP contribution in [0.15, 0.2) is 30.8 Å². The fourth-order valence-corrected chi connectivity index (χ4v) is 3.89. The minimum Gasteiger partial charge on any atom is -0.466 e. The molecule has 0 aliphatic heterocycles. The van der Waals surface area contributed by atoms with Gasteiger partial charge in [-0.15, -0.1) is 0 Å². The Morgan fingerprint density at radius 2 is 1.79 bits per heavy atom. The van der Waals surface area contributed by atoms with E-state index < -0.39 is 47.1 Å². The van der Waals surface area contributed by atoms with E-state index in [0.29, 0.717) is 12.0 Å². The molecule has 1 aromatic rings. The zero-order valence-electron chi connectivity index (χ0n) is 23.6. The number of thiol groups is 1. The maximum absolute atomic E-state index is 14.1. The lowest BCUT2D eigenvalue weighted by Crippen LogP contribution is -2.60. The first-order valence-electron chi connectivity index (χ1n) is 12.8. The molecule has 2 unspecified atom stereocenters. The van der Waals surface area contributed by atoms with Crippen LogP contribution in [0.3, 0.4) is 0 Å². The molecule has 1 aromatic carbocycles. The van der Waals surface area contributed by atoms with Gasteiger partial charge in [-0.3, -0.25) is 14.4 Å². The quantitative estimate of drug-likeness (QED) is 0.250. The van der Waals surface area contributed by atoms with Crippen LogP contribution in [0.2, 0.25) is 0 Å². The summed E-state index contributed by atoms with van der Waals surface area (Å²) in [4.78, 5) is 53.6. The summed E-state index contributed by atoms with van der Waals surface area (Å²) in [5, 5.41) is 5.38. The molecule has 10 heteroatoms. The number of hydrogen-bond acceptors (Lipinski definition) is 7. The maximum Gasteiger partial charge on any atom is 0.408 e. The highest BCUT2D eigenvalue weighted by Crippen LogP contribution is 2.32. The van der Waals surface area contributed by atoms with Gasteiger partial charge in [-0.25, -0.2) is 4.79 Å². The second-order valence-corrected chi connectivity index (χ2v) is 10.7. The summed E-state index contributed by atoms with van der Waals surface area (Å²) in [6.45, 7) is 16.6. The lowest BCUT2D eigenvalue weighted by Gasteiger charge is -2.44. The van der Waals surface area contributed by atoms with Crippen LogP contribution in [-0.4, -0.2) is 64.9 Å². The lowest BCUT2D eigenvalue weighted by atomic mass is 9.91. The minimum absolute atomic E-state index is 0.0103. The van der Waals surface area contributed by atoms with Gasteiger partial charge in [0.2, 0.25) is 11.8 Å². The number of carbonyl (C=O) groups is 4. The fraction of sp³-hybridized carbons (Fsp3) is 0.571. The normalized spacial score (nSPS) is 13.1. The first-order chi connectivity index (χ1) is 17.7. The molecule has 0 aliphatic rings. The molecule has 1 rings (SSSR count). The van der Waals surface area contributed by atoms with Gasteiger partial charge < -0.3 is 25.0 Å². The molecule has 0 radical (unpaired) electrons. The second-order valence-electron chi connectivity index (χ2n) is 10.4. The Balaban J connectivity index is 3.51. The van der Waals surface area contributed by atoms with Gasteiger partial charge in [0.25, 0.3) is 0 Å². The van der Waals surface area contributed by atoms with Crippen molar-refractivity contribution >= 4 is 42.6 Å². The van der Waals surface area contributed by atoms with Crippen molar-refractivity contribution in [1.29, 1.82) is 0 Å². The van der Waals surface area contributed by atoms with E-state index >= 15 is 0 Å². The van der Waals surface area contributed by atoms with E-state index in [1.54, 1.807) is 52.0 Å². The number of ether oxygens (including phenoxy) is 2. The van der Waals surface area contributed by atoms with E-state index in [4.69, 9.17) is 9.47 Å². The molecule has 2 atom stereocenters. The average Bonchev–Trinajstić information content (AvgIpc) is 2.84. The molecule has 0 saturated heterocycles. The molecule has 0 aliphatic carbocycles. The fourth-order valence-electron chi connectivity index (χ4n) is 3.64. The highest BCUT2D eigenvalue weighted by Gasteiger charge is 2.42. The van der Waals surface area contributed by atoms with Crippen LogP contribution in [0.5, 0.6) is 0 Å². The number of nitrogens with zero attached hydrogens (tertiary/aromatic N) is 1.